The third-order valence-corrected chi connectivity index (χ3v) is 6.13. The molecule has 0 atom stereocenters. The lowest BCUT2D eigenvalue weighted by molar-refractivity contribution is 0.607. The smallest absolute Gasteiger partial charge is 0.0146 e. The zero-order valence-electron chi connectivity index (χ0n) is 19.2. The van der Waals surface area contributed by atoms with Crippen molar-refractivity contribution in [1.82, 2.24) is 0 Å². The molecule has 0 saturated heterocycles. The summed E-state index contributed by atoms with van der Waals surface area (Å²) in [4.78, 5) is 0. The Bertz CT molecular complexity index is 633. The molecular weight excluding hydrogens is 336 g/mol. The summed E-state index contributed by atoms with van der Waals surface area (Å²) in [5.74, 6) is 0. The largest absolute Gasteiger partial charge is 0.0654 e. The molecule has 0 aromatic heterocycles. The van der Waals surface area contributed by atoms with Crippen LogP contribution in [0.1, 0.15) is 113 Å². The first kappa shape index (κ1) is 23.0. The highest BCUT2D eigenvalue weighted by atomic mass is 14.1. The molecule has 0 unspecified atom stereocenters. The van der Waals surface area contributed by atoms with Crippen LogP contribution in [0.4, 0.5) is 0 Å². The number of fused-ring (bicyclic) bond motifs is 1. The summed E-state index contributed by atoms with van der Waals surface area (Å²) in [6.45, 7) is 9.14. The summed E-state index contributed by atoms with van der Waals surface area (Å²) < 4.78 is 0. The van der Waals surface area contributed by atoms with Crippen molar-refractivity contribution in [1.29, 1.82) is 0 Å². The second-order valence-corrected chi connectivity index (χ2v) is 8.98. The molecule has 0 saturated carbocycles. The molecule has 0 N–H and O–H groups in total. The van der Waals surface area contributed by atoms with Crippen LogP contribution in [-0.2, 0) is 12.8 Å². The standard InChI is InChI=1S/C28H44/c1-5-7-9-11-13-15-17-25-19-23(3)22-28-26(20-24(4)21-27(25)28)18-16-14-12-10-8-6-2/h19-22H,5-18H2,1-4H3. The van der Waals surface area contributed by atoms with Crippen LogP contribution in [0.3, 0.4) is 0 Å². The Hall–Kier alpha value is -1.30. The Morgan fingerprint density at radius 1 is 0.464 bits per heavy atom. The van der Waals surface area contributed by atoms with E-state index < -0.39 is 0 Å². The monoisotopic (exact) mass is 380 g/mol. The minimum Gasteiger partial charge on any atom is -0.0654 e. The second-order valence-electron chi connectivity index (χ2n) is 8.98. The van der Waals surface area contributed by atoms with Crippen LogP contribution in [0.2, 0.25) is 0 Å². The van der Waals surface area contributed by atoms with Gasteiger partial charge in [-0.25, -0.2) is 0 Å². The maximum atomic E-state index is 2.45. The van der Waals surface area contributed by atoms with Crippen LogP contribution in [-0.4, -0.2) is 0 Å². The van der Waals surface area contributed by atoms with Gasteiger partial charge in [0.05, 0.1) is 0 Å². The molecule has 0 fully saturated rings. The predicted octanol–water partition coefficient (Wildman–Crippen LogP) is 9.26. The van der Waals surface area contributed by atoms with Crippen LogP contribution >= 0.6 is 0 Å². The Kier molecular flexibility index (Phi) is 10.7. The molecule has 2 rings (SSSR count). The summed E-state index contributed by atoms with van der Waals surface area (Å²) in [7, 11) is 0. The highest BCUT2D eigenvalue weighted by Gasteiger charge is 2.08. The lowest BCUT2D eigenvalue weighted by atomic mass is 9.91. The fraction of sp³-hybridized carbons (Fsp3) is 0.643. The SMILES string of the molecule is CCCCCCCCc1cc(C)cc2c(CCCCCCCC)cc(C)cc12. The molecule has 0 aliphatic rings. The van der Waals surface area contributed by atoms with Crippen molar-refractivity contribution in [3.63, 3.8) is 0 Å². The van der Waals surface area contributed by atoms with Gasteiger partial charge in [-0.05, 0) is 61.4 Å². The van der Waals surface area contributed by atoms with Gasteiger partial charge in [0.25, 0.3) is 0 Å². The summed E-state index contributed by atoms with van der Waals surface area (Å²) in [6, 6.07) is 9.77. The number of benzene rings is 2. The first-order chi connectivity index (χ1) is 13.7. The number of unbranched alkanes of at least 4 members (excludes halogenated alkanes) is 10. The van der Waals surface area contributed by atoms with E-state index in [0.29, 0.717) is 0 Å². The molecule has 0 heteroatoms. The van der Waals surface area contributed by atoms with Crippen molar-refractivity contribution in [3.05, 3.63) is 46.5 Å². The van der Waals surface area contributed by atoms with Crippen molar-refractivity contribution in [2.45, 2.75) is 118 Å². The maximum absolute atomic E-state index is 2.45. The van der Waals surface area contributed by atoms with Gasteiger partial charge >= 0.3 is 0 Å². The zero-order valence-corrected chi connectivity index (χ0v) is 19.2. The molecule has 0 aliphatic carbocycles. The molecular formula is C28H44. The van der Waals surface area contributed by atoms with Crippen molar-refractivity contribution in [3.8, 4) is 0 Å². The quantitative estimate of drug-likeness (QED) is 0.286. The molecule has 0 amide bonds. The molecule has 2 aromatic carbocycles. The van der Waals surface area contributed by atoms with Gasteiger partial charge in [0.15, 0.2) is 0 Å². The highest BCUT2D eigenvalue weighted by molar-refractivity contribution is 5.90. The first-order valence-electron chi connectivity index (χ1n) is 12.2. The minimum absolute atomic E-state index is 1.24. The van der Waals surface area contributed by atoms with Gasteiger partial charge in [0, 0.05) is 0 Å². The molecule has 0 nitrogen and oxygen atoms in total. The summed E-state index contributed by atoms with van der Waals surface area (Å²) in [5, 5.41) is 3.06. The Balaban J connectivity index is 2.04. The van der Waals surface area contributed by atoms with E-state index in [-0.39, 0.29) is 0 Å². The van der Waals surface area contributed by atoms with Crippen LogP contribution in [0.25, 0.3) is 10.8 Å². The van der Waals surface area contributed by atoms with Gasteiger partial charge in [-0.1, -0.05) is 113 Å². The van der Waals surface area contributed by atoms with E-state index in [1.54, 1.807) is 11.1 Å². The minimum atomic E-state index is 1.24. The topological polar surface area (TPSA) is 0 Å². The highest BCUT2D eigenvalue weighted by Crippen LogP contribution is 2.29. The van der Waals surface area contributed by atoms with E-state index in [1.165, 1.54) is 112 Å². The van der Waals surface area contributed by atoms with Crippen molar-refractivity contribution in [2.24, 2.45) is 0 Å². The van der Waals surface area contributed by atoms with Gasteiger partial charge in [-0.15, -0.1) is 0 Å². The van der Waals surface area contributed by atoms with E-state index in [4.69, 9.17) is 0 Å². The number of hydrogen-bond acceptors (Lipinski definition) is 0. The van der Waals surface area contributed by atoms with E-state index in [2.05, 4.69) is 52.0 Å². The molecule has 0 radical (unpaired) electrons. The Labute approximate surface area is 175 Å². The summed E-state index contributed by atoms with van der Waals surface area (Å²) in [5.41, 5.74) is 6.03. The Morgan fingerprint density at radius 3 is 1.21 bits per heavy atom. The molecule has 2 aromatic rings. The lowest BCUT2D eigenvalue weighted by Gasteiger charge is -2.14. The van der Waals surface area contributed by atoms with Gasteiger partial charge < -0.3 is 0 Å². The number of rotatable bonds is 14. The normalized spacial score (nSPS) is 11.4. The molecule has 156 valence electrons. The van der Waals surface area contributed by atoms with Gasteiger partial charge in [0.1, 0.15) is 0 Å². The molecule has 0 spiro atoms. The van der Waals surface area contributed by atoms with Crippen LogP contribution in [0.5, 0.6) is 0 Å². The van der Waals surface area contributed by atoms with Crippen LogP contribution in [0, 0.1) is 13.8 Å². The fourth-order valence-corrected chi connectivity index (χ4v) is 4.54. The molecule has 0 aliphatic heterocycles. The number of aryl methyl sites for hydroxylation is 4. The molecule has 0 heterocycles. The van der Waals surface area contributed by atoms with E-state index in [1.807, 2.05) is 0 Å². The first-order valence-corrected chi connectivity index (χ1v) is 12.2. The molecule has 0 bridgehead atoms. The third-order valence-electron chi connectivity index (χ3n) is 6.13. The van der Waals surface area contributed by atoms with E-state index in [9.17, 15) is 0 Å². The average Bonchev–Trinajstić information content (AvgIpc) is 2.67. The Morgan fingerprint density at radius 2 is 0.821 bits per heavy atom. The second kappa shape index (κ2) is 13.0. The summed E-state index contributed by atoms with van der Waals surface area (Å²) in [6.07, 6.45) is 19.0. The molecule has 28 heavy (non-hydrogen) atoms. The lowest BCUT2D eigenvalue weighted by Crippen LogP contribution is -1.96. The van der Waals surface area contributed by atoms with Crippen molar-refractivity contribution in [2.75, 3.05) is 0 Å². The fourth-order valence-electron chi connectivity index (χ4n) is 4.54. The van der Waals surface area contributed by atoms with E-state index >= 15 is 0 Å². The van der Waals surface area contributed by atoms with Crippen LogP contribution < -0.4 is 0 Å². The zero-order chi connectivity index (χ0) is 20.2. The summed E-state index contributed by atoms with van der Waals surface area (Å²) >= 11 is 0. The maximum Gasteiger partial charge on any atom is -0.0146 e. The van der Waals surface area contributed by atoms with Gasteiger partial charge in [0.2, 0.25) is 0 Å². The predicted molar refractivity (Wildman–Crippen MR) is 128 cm³/mol. The van der Waals surface area contributed by atoms with Crippen molar-refractivity contribution >= 4 is 10.8 Å². The van der Waals surface area contributed by atoms with E-state index in [0.717, 1.165) is 0 Å². The third kappa shape index (κ3) is 7.61. The average molecular weight is 381 g/mol. The van der Waals surface area contributed by atoms with Crippen molar-refractivity contribution < 1.29 is 0 Å². The van der Waals surface area contributed by atoms with Gasteiger partial charge in [-0.2, -0.15) is 0 Å². The van der Waals surface area contributed by atoms with Gasteiger partial charge in [-0.3, -0.25) is 0 Å². The van der Waals surface area contributed by atoms with Crippen LogP contribution in [0.15, 0.2) is 24.3 Å². The number of hydrogen-bond donors (Lipinski definition) is 0.